The number of rotatable bonds is 2. The normalized spacial score (nSPS) is 12.1. The van der Waals surface area contributed by atoms with E-state index in [1.807, 2.05) is 0 Å². The molecule has 24 heavy (non-hydrogen) atoms. The highest BCUT2D eigenvalue weighted by atomic mass is 14.1. The molecule has 0 heterocycles. The van der Waals surface area contributed by atoms with E-state index in [9.17, 15) is 0 Å². The van der Waals surface area contributed by atoms with E-state index in [1.165, 1.54) is 43.4 Å². The molecule has 0 spiro atoms. The molecule has 120 valence electrons. The van der Waals surface area contributed by atoms with E-state index in [1.54, 1.807) is 0 Å². The molecule has 4 aromatic rings. The van der Waals surface area contributed by atoms with E-state index in [4.69, 9.17) is 0 Å². The van der Waals surface area contributed by atoms with E-state index < -0.39 is 0 Å². The summed E-state index contributed by atoms with van der Waals surface area (Å²) in [5.74, 6) is 1.10. The van der Waals surface area contributed by atoms with Gasteiger partial charge in [-0.25, -0.2) is 0 Å². The second-order valence-corrected chi connectivity index (χ2v) is 7.47. The first-order chi connectivity index (χ1) is 11.6. The Bertz CT molecular complexity index is 945. The molecule has 0 saturated carbocycles. The molecule has 0 nitrogen and oxygen atoms in total. The third-order valence-electron chi connectivity index (χ3n) is 5.22. The fraction of sp³-hybridized carbons (Fsp3) is 0.250. The van der Waals surface area contributed by atoms with Gasteiger partial charge >= 0.3 is 0 Å². The molecule has 0 aliphatic carbocycles. The highest BCUT2D eigenvalue weighted by Gasteiger charge is 2.11. The van der Waals surface area contributed by atoms with E-state index >= 15 is 0 Å². The fourth-order valence-corrected chi connectivity index (χ4v) is 3.71. The van der Waals surface area contributed by atoms with Crippen molar-refractivity contribution in [1.29, 1.82) is 0 Å². The van der Waals surface area contributed by atoms with Crippen LogP contribution in [-0.4, -0.2) is 0 Å². The smallest absolute Gasteiger partial charge is 0.00961 e. The number of benzene rings is 4. The lowest BCUT2D eigenvalue weighted by Gasteiger charge is -2.15. The Kier molecular flexibility index (Phi) is 3.57. The van der Waals surface area contributed by atoms with Crippen LogP contribution in [0, 0.1) is 0 Å². The van der Waals surface area contributed by atoms with Crippen molar-refractivity contribution in [3.05, 3.63) is 71.8 Å². The van der Waals surface area contributed by atoms with Crippen molar-refractivity contribution < 1.29 is 0 Å². The van der Waals surface area contributed by atoms with Gasteiger partial charge in [0, 0.05) is 0 Å². The summed E-state index contributed by atoms with van der Waals surface area (Å²) in [6, 6.07) is 22.8. The van der Waals surface area contributed by atoms with Crippen LogP contribution in [0.4, 0.5) is 0 Å². The van der Waals surface area contributed by atoms with Crippen molar-refractivity contribution in [2.24, 2.45) is 0 Å². The zero-order chi connectivity index (χ0) is 16.8. The van der Waals surface area contributed by atoms with Crippen LogP contribution in [-0.2, 0) is 0 Å². The van der Waals surface area contributed by atoms with E-state index in [0.29, 0.717) is 11.8 Å². The van der Waals surface area contributed by atoms with Gasteiger partial charge in [0.15, 0.2) is 0 Å². The van der Waals surface area contributed by atoms with Crippen molar-refractivity contribution in [2.45, 2.75) is 39.5 Å². The molecule has 0 amide bonds. The van der Waals surface area contributed by atoms with Gasteiger partial charge in [-0.2, -0.15) is 0 Å². The summed E-state index contributed by atoms with van der Waals surface area (Å²) in [4.78, 5) is 0. The molecule has 0 fully saturated rings. The van der Waals surface area contributed by atoms with Crippen molar-refractivity contribution in [1.82, 2.24) is 0 Å². The maximum Gasteiger partial charge on any atom is -0.00961 e. The molecular weight excluding hydrogens is 288 g/mol. The van der Waals surface area contributed by atoms with Gasteiger partial charge in [0.25, 0.3) is 0 Å². The molecule has 0 radical (unpaired) electrons. The van der Waals surface area contributed by atoms with Crippen LogP contribution in [0.1, 0.15) is 50.7 Å². The van der Waals surface area contributed by atoms with Gasteiger partial charge in [0.1, 0.15) is 0 Å². The Morgan fingerprint density at radius 1 is 0.458 bits per heavy atom. The largest absolute Gasteiger partial charge is 0.0616 e. The molecular formula is C24H24. The van der Waals surface area contributed by atoms with Gasteiger partial charge in [-0.1, -0.05) is 88.4 Å². The molecule has 0 heteroatoms. The lowest BCUT2D eigenvalue weighted by Crippen LogP contribution is -1.91. The predicted octanol–water partition coefficient (Wildman–Crippen LogP) is 7.39. The third-order valence-corrected chi connectivity index (χ3v) is 5.22. The van der Waals surface area contributed by atoms with Gasteiger partial charge < -0.3 is 0 Å². The maximum absolute atomic E-state index is 2.39. The van der Waals surface area contributed by atoms with Crippen molar-refractivity contribution in [3.8, 4) is 0 Å². The van der Waals surface area contributed by atoms with Crippen LogP contribution >= 0.6 is 0 Å². The molecule has 0 aliphatic heterocycles. The molecule has 4 rings (SSSR count). The summed E-state index contributed by atoms with van der Waals surface area (Å²) in [6.45, 7) is 9.05. The maximum atomic E-state index is 2.39. The molecule has 0 atom stereocenters. The highest BCUT2D eigenvalue weighted by molar-refractivity contribution is 6.25. The molecule has 0 saturated heterocycles. The van der Waals surface area contributed by atoms with Gasteiger partial charge in [-0.05, 0) is 55.3 Å². The zero-order valence-corrected chi connectivity index (χ0v) is 14.9. The van der Waals surface area contributed by atoms with E-state index in [2.05, 4.69) is 88.4 Å². The Hall–Kier alpha value is -2.34. The monoisotopic (exact) mass is 312 g/mol. The first kappa shape index (κ1) is 15.2. The highest BCUT2D eigenvalue weighted by Crippen LogP contribution is 2.37. The summed E-state index contributed by atoms with van der Waals surface area (Å²) in [6.07, 6.45) is 0. The van der Waals surface area contributed by atoms with Crippen LogP contribution < -0.4 is 0 Å². The number of hydrogen-bond acceptors (Lipinski definition) is 0. The minimum atomic E-state index is 0.548. The van der Waals surface area contributed by atoms with Crippen LogP contribution in [0.2, 0.25) is 0 Å². The lowest BCUT2D eigenvalue weighted by molar-refractivity contribution is 0.868. The van der Waals surface area contributed by atoms with E-state index in [0.717, 1.165) is 0 Å². The summed E-state index contributed by atoms with van der Waals surface area (Å²) < 4.78 is 0. The van der Waals surface area contributed by atoms with Gasteiger partial charge in [0.05, 0.1) is 0 Å². The van der Waals surface area contributed by atoms with Gasteiger partial charge in [-0.15, -0.1) is 0 Å². The minimum absolute atomic E-state index is 0.548. The Morgan fingerprint density at radius 3 is 1.21 bits per heavy atom. The molecule has 0 N–H and O–H groups in total. The number of hydrogen-bond donors (Lipinski definition) is 0. The summed E-state index contributed by atoms with van der Waals surface area (Å²) >= 11 is 0. The Balaban J connectivity index is 2.21. The van der Waals surface area contributed by atoms with Gasteiger partial charge in [-0.3, -0.25) is 0 Å². The second-order valence-electron chi connectivity index (χ2n) is 7.47. The second kappa shape index (κ2) is 5.63. The van der Waals surface area contributed by atoms with Crippen LogP contribution in [0.15, 0.2) is 60.7 Å². The standard InChI is InChI=1S/C24H24/c1-15(2)17-9-11-21-22-12-10-18(16(3)4)14-24(22)20-8-6-5-7-19(20)23(21)13-17/h5-16H,1-4H3. The van der Waals surface area contributed by atoms with E-state index in [-0.39, 0.29) is 0 Å². The summed E-state index contributed by atoms with van der Waals surface area (Å²) in [5, 5.41) is 8.21. The molecule has 0 bridgehead atoms. The molecule has 0 aromatic heterocycles. The molecule has 4 aromatic carbocycles. The lowest BCUT2D eigenvalue weighted by atomic mass is 9.89. The quantitative estimate of drug-likeness (QED) is 0.338. The fourth-order valence-electron chi connectivity index (χ4n) is 3.71. The SMILES string of the molecule is CC(C)c1ccc2c3ccc(C(C)C)cc3c3ccccc3c2c1. The Labute approximate surface area is 144 Å². The first-order valence-corrected chi connectivity index (χ1v) is 8.94. The Morgan fingerprint density at radius 2 is 0.833 bits per heavy atom. The average molecular weight is 312 g/mol. The van der Waals surface area contributed by atoms with Gasteiger partial charge in [0.2, 0.25) is 0 Å². The van der Waals surface area contributed by atoms with Crippen molar-refractivity contribution >= 4 is 32.3 Å². The van der Waals surface area contributed by atoms with Crippen LogP contribution in [0.5, 0.6) is 0 Å². The van der Waals surface area contributed by atoms with Crippen LogP contribution in [0.3, 0.4) is 0 Å². The minimum Gasteiger partial charge on any atom is -0.0616 e. The summed E-state index contributed by atoms with van der Waals surface area (Å²) in [5.41, 5.74) is 2.82. The van der Waals surface area contributed by atoms with Crippen molar-refractivity contribution in [2.75, 3.05) is 0 Å². The zero-order valence-electron chi connectivity index (χ0n) is 14.9. The van der Waals surface area contributed by atoms with Crippen molar-refractivity contribution in [3.63, 3.8) is 0 Å². The third kappa shape index (κ3) is 2.29. The molecule has 0 aliphatic rings. The van der Waals surface area contributed by atoms with Crippen LogP contribution in [0.25, 0.3) is 32.3 Å². The first-order valence-electron chi connectivity index (χ1n) is 8.94. The average Bonchev–Trinajstić information content (AvgIpc) is 2.61. The molecule has 0 unspecified atom stereocenters. The predicted molar refractivity (Wildman–Crippen MR) is 107 cm³/mol. The summed E-state index contributed by atoms with van der Waals surface area (Å²) in [7, 11) is 0. The topological polar surface area (TPSA) is 0 Å². The number of fused-ring (bicyclic) bond motifs is 6.